The molecule has 3 nitrogen and oxygen atoms in total. The number of hydrogen-bond donors (Lipinski definition) is 1. The van der Waals surface area contributed by atoms with Crippen LogP contribution in [0.1, 0.15) is 44.9 Å². The average molecular weight is 241 g/mol. The molecule has 2 rings (SSSR count). The first-order valence-corrected chi connectivity index (χ1v) is 7.17. The predicted molar refractivity (Wildman–Crippen MR) is 69.1 cm³/mol. The Kier molecular flexibility index (Phi) is 4.83. The molecule has 1 N–H and O–H groups in total. The fourth-order valence-electron chi connectivity index (χ4n) is 3.17. The lowest BCUT2D eigenvalue weighted by Crippen LogP contribution is -2.35. The van der Waals surface area contributed by atoms with Gasteiger partial charge in [0.2, 0.25) is 0 Å². The molecule has 0 aromatic carbocycles. The molecule has 0 spiro atoms. The molecule has 2 aliphatic rings. The first-order valence-electron chi connectivity index (χ1n) is 7.17. The van der Waals surface area contributed by atoms with Gasteiger partial charge in [0.15, 0.2) is 0 Å². The lowest BCUT2D eigenvalue weighted by Gasteiger charge is -2.29. The van der Waals surface area contributed by atoms with E-state index >= 15 is 0 Å². The van der Waals surface area contributed by atoms with E-state index in [2.05, 4.69) is 11.9 Å². The van der Waals surface area contributed by atoms with Crippen LogP contribution in [-0.4, -0.2) is 49.0 Å². The van der Waals surface area contributed by atoms with Gasteiger partial charge in [0.25, 0.3) is 0 Å². The highest BCUT2D eigenvalue weighted by Crippen LogP contribution is 2.32. The minimum Gasteiger partial charge on any atom is -0.390 e. The van der Waals surface area contributed by atoms with Gasteiger partial charge in [-0.15, -0.1) is 0 Å². The molecule has 0 amide bonds. The Hall–Kier alpha value is -0.120. The normalized spacial score (nSPS) is 28.8. The zero-order valence-corrected chi connectivity index (χ0v) is 11.2. The van der Waals surface area contributed by atoms with Crippen LogP contribution in [0, 0.1) is 5.92 Å². The lowest BCUT2D eigenvalue weighted by molar-refractivity contribution is 0.0190. The minimum atomic E-state index is -0.350. The van der Waals surface area contributed by atoms with Crippen LogP contribution in [0.3, 0.4) is 0 Å². The van der Waals surface area contributed by atoms with Gasteiger partial charge in [-0.2, -0.15) is 0 Å². The quantitative estimate of drug-likeness (QED) is 0.799. The minimum absolute atomic E-state index is 0.350. The molecule has 1 aliphatic heterocycles. The molecule has 3 heteroatoms. The van der Waals surface area contributed by atoms with Crippen molar-refractivity contribution in [3.05, 3.63) is 0 Å². The smallest absolute Gasteiger partial charge is 0.0660 e. The first kappa shape index (κ1) is 13.3. The molecule has 0 bridgehead atoms. The highest BCUT2D eigenvalue weighted by atomic mass is 16.5. The molecule has 1 saturated carbocycles. The van der Waals surface area contributed by atoms with Crippen molar-refractivity contribution in [2.75, 3.05) is 33.4 Å². The number of nitrogens with zero attached hydrogens (tertiary/aromatic N) is 1. The lowest BCUT2D eigenvalue weighted by atomic mass is 9.97. The second-order valence-corrected chi connectivity index (χ2v) is 6.03. The molecule has 1 heterocycles. The molecule has 1 atom stereocenters. The first-order chi connectivity index (χ1) is 8.18. The van der Waals surface area contributed by atoms with Crippen LogP contribution < -0.4 is 0 Å². The molecule has 0 radical (unpaired) electrons. The summed E-state index contributed by atoms with van der Waals surface area (Å²) < 4.78 is 5.50. The fourth-order valence-corrected chi connectivity index (χ4v) is 3.17. The number of aliphatic hydroxyl groups is 1. The van der Waals surface area contributed by atoms with Crippen molar-refractivity contribution in [3.63, 3.8) is 0 Å². The van der Waals surface area contributed by atoms with E-state index in [1.807, 2.05) is 0 Å². The van der Waals surface area contributed by atoms with Crippen LogP contribution in [0.5, 0.6) is 0 Å². The average Bonchev–Trinajstić information content (AvgIpc) is 2.76. The Bertz CT molecular complexity index is 220. The van der Waals surface area contributed by atoms with Gasteiger partial charge >= 0.3 is 0 Å². The second-order valence-electron chi connectivity index (χ2n) is 6.03. The molecule has 17 heavy (non-hydrogen) atoms. The van der Waals surface area contributed by atoms with Crippen LogP contribution in [0.15, 0.2) is 0 Å². The largest absolute Gasteiger partial charge is 0.390 e. The van der Waals surface area contributed by atoms with E-state index in [4.69, 9.17) is 4.74 Å². The van der Waals surface area contributed by atoms with Crippen molar-refractivity contribution in [2.45, 2.75) is 50.5 Å². The van der Waals surface area contributed by atoms with Gasteiger partial charge in [-0.3, -0.25) is 0 Å². The van der Waals surface area contributed by atoms with E-state index < -0.39 is 0 Å². The standard InChI is InChI=1S/C14H27NO2/c1-15(11-13-5-4-10-17-12-13)9-8-14(16)6-2-3-7-14/h13,16H,2-12H2,1H3. The molecular weight excluding hydrogens is 214 g/mol. The predicted octanol–water partition coefficient (Wildman–Crippen LogP) is 2.04. The topological polar surface area (TPSA) is 32.7 Å². The van der Waals surface area contributed by atoms with E-state index in [1.165, 1.54) is 25.7 Å². The van der Waals surface area contributed by atoms with Gasteiger partial charge in [0.1, 0.15) is 0 Å². The molecule has 1 unspecified atom stereocenters. The van der Waals surface area contributed by atoms with Crippen molar-refractivity contribution in [1.29, 1.82) is 0 Å². The molecule has 1 saturated heterocycles. The molecular formula is C14H27NO2. The third-order valence-corrected chi connectivity index (χ3v) is 4.32. The summed E-state index contributed by atoms with van der Waals surface area (Å²) in [5.41, 5.74) is -0.350. The van der Waals surface area contributed by atoms with Crippen LogP contribution in [-0.2, 0) is 4.74 Å². The summed E-state index contributed by atoms with van der Waals surface area (Å²) in [7, 11) is 2.17. The Morgan fingerprint density at radius 3 is 2.71 bits per heavy atom. The van der Waals surface area contributed by atoms with Gasteiger partial charge in [0, 0.05) is 19.7 Å². The summed E-state index contributed by atoms with van der Waals surface area (Å²) in [6, 6.07) is 0. The van der Waals surface area contributed by atoms with E-state index in [0.717, 1.165) is 45.6 Å². The Labute approximate surface area is 105 Å². The number of rotatable bonds is 5. The molecule has 0 aromatic heterocycles. The van der Waals surface area contributed by atoms with Gasteiger partial charge < -0.3 is 14.7 Å². The second kappa shape index (κ2) is 6.17. The maximum Gasteiger partial charge on any atom is 0.0660 e. The van der Waals surface area contributed by atoms with Crippen molar-refractivity contribution in [3.8, 4) is 0 Å². The maximum atomic E-state index is 10.3. The summed E-state index contributed by atoms with van der Waals surface area (Å²) in [5, 5.41) is 10.3. The third-order valence-electron chi connectivity index (χ3n) is 4.32. The van der Waals surface area contributed by atoms with E-state index in [1.54, 1.807) is 0 Å². The van der Waals surface area contributed by atoms with E-state index in [-0.39, 0.29) is 5.60 Å². The van der Waals surface area contributed by atoms with Gasteiger partial charge in [-0.1, -0.05) is 12.8 Å². The van der Waals surface area contributed by atoms with Crippen LogP contribution in [0.4, 0.5) is 0 Å². The fraction of sp³-hybridized carbons (Fsp3) is 1.00. The van der Waals surface area contributed by atoms with E-state index in [0.29, 0.717) is 5.92 Å². The van der Waals surface area contributed by atoms with Crippen LogP contribution >= 0.6 is 0 Å². The van der Waals surface area contributed by atoms with Crippen molar-refractivity contribution < 1.29 is 9.84 Å². The zero-order chi connectivity index (χ0) is 12.1. The number of hydrogen-bond acceptors (Lipinski definition) is 3. The Balaban J connectivity index is 1.64. The van der Waals surface area contributed by atoms with Gasteiger partial charge in [-0.25, -0.2) is 0 Å². The molecule has 100 valence electrons. The Morgan fingerprint density at radius 1 is 1.29 bits per heavy atom. The monoisotopic (exact) mass is 241 g/mol. The van der Waals surface area contributed by atoms with Crippen molar-refractivity contribution in [2.24, 2.45) is 5.92 Å². The maximum absolute atomic E-state index is 10.3. The third kappa shape index (κ3) is 4.23. The van der Waals surface area contributed by atoms with E-state index in [9.17, 15) is 5.11 Å². The Morgan fingerprint density at radius 2 is 2.06 bits per heavy atom. The van der Waals surface area contributed by atoms with Gasteiger partial charge in [-0.05, 0) is 45.1 Å². The van der Waals surface area contributed by atoms with Crippen LogP contribution in [0.25, 0.3) is 0 Å². The van der Waals surface area contributed by atoms with Gasteiger partial charge in [0.05, 0.1) is 12.2 Å². The highest BCUT2D eigenvalue weighted by molar-refractivity contribution is 4.85. The highest BCUT2D eigenvalue weighted by Gasteiger charge is 2.30. The summed E-state index contributed by atoms with van der Waals surface area (Å²) in [6.45, 7) is 4.01. The zero-order valence-electron chi connectivity index (χ0n) is 11.2. The number of ether oxygens (including phenoxy) is 1. The molecule has 2 fully saturated rings. The summed E-state index contributed by atoms with van der Waals surface area (Å²) in [6.07, 6.45) is 7.88. The summed E-state index contributed by atoms with van der Waals surface area (Å²) in [4.78, 5) is 2.37. The van der Waals surface area contributed by atoms with Crippen LogP contribution in [0.2, 0.25) is 0 Å². The summed E-state index contributed by atoms with van der Waals surface area (Å²) >= 11 is 0. The summed E-state index contributed by atoms with van der Waals surface area (Å²) in [5.74, 6) is 0.701. The van der Waals surface area contributed by atoms with Crippen molar-refractivity contribution >= 4 is 0 Å². The SMILES string of the molecule is CN(CCC1(O)CCCC1)CC1CCCOC1. The van der Waals surface area contributed by atoms with Crippen molar-refractivity contribution in [1.82, 2.24) is 4.90 Å². The molecule has 1 aliphatic carbocycles. The molecule has 0 aromatic rings.